The van der Waals surface area contributed by atoms with Crippen LogP contribution < -0.4 is 5.32 Å². The standard InChI is InChI=1S/C14H14INO3/c1-9-7-10(15)3-5-12(9)16-8-11-4-6-13(19-11)14(17)18-2/h3-7,16H,8H2,1-2H3. The Kier molecular flexibility index (Phi) is 4.47. The number of halogens is 1. The number of hydrogen-bond acceptors (Lipinski definition) is 4. The average Bonchev–Trinajstić information content (AvgIpc) is 2.85. The number of hydrogen-bond donors (Lipinski definition) is 1. The molecule has 100 valence electrons. The van der Waals surface area contributed by atoms with E-state index in [0.29, 0.717) is 12.3 Å². The van der Waals surface area contributed by atoms with E-state index in [4.69, 9.17) is 4.42 Å². The Balaban J connectivity index is 2.02. The van der Waals surface area contributed by atoms with Gasteiger partial charge in [0.05, 0.1) is 13.7 Å². The number of esters is 1. The maximum Gasteiger partial charge on any atom is 0.373 e. The van der Waals surface area contributed by atoms with Gasteiger partial charge >= 0.3 is 5.97 Å². The van der Waals surface area contributed by atoms with E-state index < -0.39 is 5.97 Å². The van der Waals surface area contributed by atoms with Crippen LogP contribution in [-0.4, -0.2) is 13.1 Å². The van der Waals surface area contributed by atoms with Crippen LogP contribution in [0, 0.1) is 10.5 Å². The number of nitrogens with one attached hydrogen (secondary N) is 1. The highest BCUT2D eigenvalue weighted by Gasteiger charge is 2.10. The second-order valence-electron chi connectivity index (χ2n) is 4.07. The van der Waals surface area contributed by atoms with Gasteiger partial charge in [0.1, 0.15) is 5.76 Å². The van der Waals surface area contributed by atoms with E-state index in [1.807, 2.05) is 19.1 Å². The summed E-state index contributed by atoms with van der Waals surface area (Å²) >= 11 is 2.28. The summed E-state index contributed by atoms with van der Waals surface area (Å²) in [6.45, 7) is 2.57. The van der Waals surface area contributed by atoms with Crippen LogP contribution in [0.25, 0.3) is 0 Å². The zero-order valence-corrected chi connectivity index (χ0v) is 12.9. The lowest BCUT2D eigenvalue weighted by Crippen LogP contribution is -2.01. The van der Waals surface area contributed by atoms with Crippen molar-refractivity contribution in [3.05, 3.63) is 51.0 Å². The number of ether oxygens (including phenoxy) is 1. The van der Waals surface area contributed by atoms with Crippen LogP contribution in [0.5, 0.6) is 0 Å². The number of rotatable bonds is 4. The summed E-state index contributed by atoms with van der Waals surface area (Å²) in [5.74, 6) is 0.452. The lowest BCUT2D eigenvalue weighted by atomic mass is 10.2. The third-order valence-electron chi connectivity index (χ3n) is 2.69. The number of anilines is 1. The van der Waals surface area contributed by atoms with Crippen molar-refractivity contribution in [1.29, 1.82) is 0 Å². The summed E-state index contributed by atoms with van der Waals surface area (Å²) in [5, 5.41) is 3.28. The predicted molar refractivity (Wildman–Crippen MR) is 81.3 cm³/mol. The second kappa shape index (κ2) is 6.10. The molecular weight excluding hydrogens is 357 g/mol. The molecule has 0 aliphatic rings. The zero-order chi connectivity index (χ0) is 13.8. The number of benzene rings is 1. The fraction of sp³-hybridized carbons (Fsp3) is 0.214. The molecule has 0 bridgehead atoms. The van der Waals surface area contributed by atoms with E-state index in [0.717, 1.165) is 5.69 Å². The highest BCUT2D eigenvalue weighted by Crippen LogP contribution is 2.19. The Bertz CT molecular complexity index is 592. The minimum absolute atomic E-state index is 0.221. The van der Waals surface area contributed by atoms with Gasteiger partial charge in [-0.3, -0.25) is 0 Å². The summed E-state index contributed by atoms with van der Waals surface area (Å²) in [4.78, 5) is 11.3. The minimum atomic E-state index is -0.461. The van der Waals surface area contributed by atoms with Gasteiger partial charge < -0.3 is 14.5 Å². The fourth-order valence-corrected chi connectivity index (χ4v) is 2.34. The molecule has 0 aliphatic heterocycles. The number of methoxy groups -OCH3 is 1. The first-order chi connectivity index (χ1) is 9.10. The molecule has 0 aliphatic carbocycles. The third kappa shape index (κ3) is 3.50. The summed E-state index contributed by atoms with van der Waals surface area (Å²) in [7, 11) is 1.33. The lowest BCUT2D eigenvalue weighted by Gasteiger charge is -2.08. The highest BCUT2D eigenvalue weighted by molar-refractivity contribution is 14.1. The molecule has 0 saturated carbocycles. The van der Waals surface area contributed by atoms with Crippen molar-refractivity contribution in [2.24, 2.45) is 0 Å². The van der Waals surface area contributed by atoms with Gasteiger partial charge in [0.25, 0.3) is 0 Å². The topological polar surface area (TPSA) is 51.5 Å². The Hall–Kier alpha value is -1.50. The Morgan fingerprint density at radius 2 is 2.16 bits per heavy atom. The van der Waals surface area contributed by atoms with E-state index >= 15 is 0 Å². The van der Waals surface area contributed by atoms with Gasteiger partial charge in [0.2, 0.25) is 5.76 Å². The molecule has 0 amide bonds. The molecule has 4 nitrogen and oxygen atoms in total. The monoisotopic (exact) mass is 371 g/mol. The average molecular weight is 371 g/mol. The van der Waals surface area contributed by atoms with Crippen LogP contribution in [-0.2, 0) is 11.3 Å². The minimum Gasteiger partial charge on any atom is -0.463 e. The van der Waals surface area contributed by atoms with Crippen molar-refractivity contribution in [2.45, 2.75) is 13.5 Å². The fourth-order valence-electron chi connectivity index (χ4n) is 1.69. The molecule has 0 atom stereocenters. The number of carbonyl (C=O) groups excluding carboxylic acids is 1. The van der Waals surface area contributed by atoms with E-state index in [1.165, 1.54) is 16.2 Å². The zero-order valence-electron chi connectivity index (χ0n) is 10.7. The van der Waals surface area contributed by atoms with Gasteiger partial charge in [-0.25, -0.2) is 4.79 Å². The molecule has 19 heavy (non-hydrogen) atoms. The van der Waals surface area contributed by atoms with Crippen molar-refractivity contribution in [1.82, 2.24) is 0 Å². The van der Waals surface area contributed by atoms with Crippen LogP contribution >= 0.6 is 22.6 Å². The SMILES string of the molecule is COC(=O)c1ccc(CNc2ccc(I)cc2C)o1. The van der Waals surface area contributed by atoms with Gasteiger partial charge in [-0.15, -0.1) is 0 Å². The van der Waals surface area contributed by atoms with E-state index in [9.17, 15) is 4.79 Å². The summed E-state index contributed by atoms with van der Waals surface area (Å²) in [5.41, 5.74) is 2.23. The maximum atomic E-state index is 11.3. The van der Waals surface area contributed by atoms with Crippen molar-refractivity contribution in [3.63, 3.8) is 0 Å². The first-order valence-electron chi connectivity index (χ1n) is 5.77. The molecule has 5 heteroatoms. The summed E-state index contributed by atoms with van der Waals surface area (Å²) < 4.78 is 11.2. The first kappa shape index (κ1) is 13.9. The molecule has 0 fully saturated rings. The second-order valence-corrected chi connectivity index (χ2v) is 5.32. The lowest BCUT2D eigenvalue weighted by molar-refractivity contribution is 0.0563. The van der Waals surface area contributed by atoms with E-state index in [1.54, 1.807) is 12.1 Å². The van der Waals surface area contributed by atoms with E-state index in [2.05, 4.69) is 38.7 Å². The van der Waals surface area contributed by atoms with Gasteiger partial charge in [0, 0.05) is 9.26 Å². The summed E-state index contributed by atoms with van der Waals surface area (Å²) in [6.07, 6.45) is 0. The van der Waals surface area contributed by atoms with Gasteiger partial charge in [-0.1, -0.05) is 0 Å². The molecular formula is C14H14INO3. The van der Waals surface area contributed by atoms with Crippen molar-refractivity contribution >= 4 is 34.2 Å². The third-order valence-corrected chi connectivity index (χ3v) is 3.36. The van der Waals surface area contributed by atoms with Crippen LogP contribution in [0.2, 0.25) is 0 Å². The van der Waals surface area contributed by atoms with Gasteiger partial charge in [0.15, 0.2) is 0 Å². The predicted octanol–water partition coefficient (Wildman–Crippen LogP) is 3.59. The van der Waals surface area contributed by atoms with Crippen molar-refractivity contribution in [2.75, 3.05) is 12.4 Å². The molecule has 1 aromatic heterocycles. The first-order valence-corrected chi connectivity index (χ1v) is 6.85. The molecule has 2 aromatic rings. The molecule has 0 radical (unpaired) electrons. The Morgan fingerprint density at radius 1 is 1.37 bits per heavy atom. The van der Waals surface area contributed by atoms with Crippen LogP contribution in [0.4, 0.5) is 5.69 Å². The van der Waals surface area contributed by atoms with Crippen molar-refractivity contribution in [3.8, 4) is 0 Å². The highest BCUT2D eigenvalue weighted by atomic mass is 127. The molecule has 1 N–H and O–H groups in total. The largest absolute Gasteiger partial charge is 0.463 e. The van der Waals surface area contributed by atoms with Crippen LogP contribution in [0.3, 0.4) is 0 Å². The summed E-state index contributed by atoms with van der Waals surface area (Å²) in [6, 6.07) is 9.55. The quantitative estimate of drug-likeness (QED) is 0.659. The van der Waals surface area contributed by atoms with Crippen LogP contribution in [0.1, 0.15) is 21.9 Å². The normalized spacial score (nSPS) is 10.3. The Morgan fingerprint density at radius 3 is 2.84 bits per heavy atom. The Labute approximate surface area is 125 Å². The van der Waals surface area contributed by atoms with Gasteiger partial charge in [-0.2, -0.15) is 0 Å². The number of furan rings is 1. The number of carbonyl (C=O) groups is 1. The van der Waals surface area contributed by atoms with Gasteiger partial charge in [-0.05, 0) is 65.4 Å². The van der Waals surface area contributed by atoms with E-state index in [-0.39, 0.29) is 5.76 Å². The molecule has 0 unspecified atom stereocenters. The molecule has 2 rings (SSSR count). The van der Waals surface area contributed by atoms with Crippen LogP contribution in [0.15, 0.2) is 34.7 Å². The van der Waals surface area contributed by atoms with Crippen molar-refractivity contribution < 1.29 is 13.9 Å². The number of aryl methyl sites for hydroxylation is 1. The molecule has 0 saturated heterocycles. The molecule has 1 aromatic carbocycles. The molecule has 0 spiro atoms. The molecule has 1 heterocycles. The smallest absolute Gasteiger partial charge is 0.373 e. The maximum absolute atomic E-state index is 11.3.